The van der Waals surface area contributed by atoms with Crippen molar-refractivity contribution in [3.63, 3.8) is 0 Å². The van der Waals surface area contributed by atoms with Crippen LogP contribution in [-0.2, 0) is 0 Å². The lowest BCUT2D eigenvalue weighted by atomic mass is 9.94. The molecule has 1 aromatic rings. The highest BCUT2D eigenvalue weighted by Crippen LogP contribution is 2.28. The molecule has 0 spiro atoms. The monoisotopic (exact) mass is 331 g/mol. The first-order valence-corrected chi connectivity index (χ1v) is 6.03. The molecule has 0 aliphatic heterocycles. The summed E-state index contributed by atoms with van der Waals surface area (Å²) < 4.78 is 53.2. The molecule has 0 saturated heterocycles. The summed E-state index contributed by atoms with van der Waals surface area (Å²) >= 11 is 0. The maximum absolute atomic E-state index is 12.7. The quantitative estimate of drug-likeness (QED) is 0.786. The minimum Gasteiger partial charge on any atom is -0.428 e. The van der Waals surface area contributed by atoms with Crippen LogP contribution in [0.1, 0.15) is 25.5 Å². The molecule has 0 fully saturated rings. The zero-order valence-corrected chi connectivity index (χ0v) is 12.3. The summed E-state index contributed by atoms with van der Waals surface area (Å²) in [5.74, 6) is -0.477. The van der Waals surface area contributed by atoms with Gasteiger partial charge in [-0.25, -0.2) is 0 Å². The molecule has 122 valence electrons. The van der Waals surface area contributed by atoms with E-state index < -0.39 is 30.4 Å². The number of nitrogens with two attached hydrogens (primary N) is 1. The van der Waals surface area contributed by atoms with Crippen LogP contribution >= 0.6 is 12.4 Å². The van der Waals surface area contributed by atoms with E-state index in [1.807, 2.05) is 0 Å². The number of halogens is 5. The zero-order valence-electron chi connectivity index (χ0n) is 11.5. The topological polar surface area (TPSA) is 55.5 Å². The molecular formula is C13H18ClF4NO2. The van der Waals surface area contributed by atoms with Crippen LogP contribution in [0.25, 0.3) is 0 Å². The molecule has 0 heterocycles. The standard InChI is InChI=1S/C13H17F4NO2.ClH/c1-7(2)11(19)10(18)8-3-5-9(6-4-8)20-13(16,17)12(14)15;/h3-7,10-12,19H,18H2,1-2H3;1H/t10-,11+;/m0./s1. The molecule has 0 aliphatic rings. The molecule has 0 bridgehead atoms. The molecule has 0 aliphatic carbocycles. The fourth-order valence-corrected chi connectivity index (χ4v) is 1.57. The fourth-order valence-electron chi connectivity index (χ4n) is 1.57. The van der Waals surface area contributed by atoms with Crippen LogP contribution in [-0.4, -0.2) is 23.7 Å². The van der Waals surface area contributed by atoms with Crippen LogP contribution in [0.2, 0.25) is 0 Å². The molecule has 1 aromatic carbocycles. The van der Waals surface area contributed by atoms with E-state index in [-0.39, 0.29) is 18.3 Å². The Balaban J connectivity index is 0.00000400. The van der Waals surface area contributed by atoms with Gasteiger partial charge in [0.25, 0.3) is 0 Å². The Bertz CT molecular complexity index is 429. The van der Waals surface area contributed by atoms with Crippen molar-refractivity contribution < 1.29 is 27.4 Å². The third kappa shape index (κ3) is 5.33. The van der Waals surface area contributed by atoms with E-state index in [0.717, 1.165) is 12.1 Å². The number of hydrogen-bond donors (Lipinski definition) is 2. The SMILES string of the molecule is CC(C)[C@@H](O)[C@@H](N)c1ccc(OC(F)(F)C(F)F)cc1.Cl. The van der Waals surface area contributed by atoms with E-state index in [9.17, 15) is 22.7 Å². The lowest BCUT2D eigenvalue weighted by molar-refractivity contribution is -0.253. The third-order valence-corrected chi connectivity index (χ3v) is 2.82. The second-order valence-corrected chi connectivity index (χ2v) is 4.79. The molecule has 3 N–H and O–H groups in total. The smallest absolute Gasteiger partial charge is 0.428 e. The average molecular weight is 332 g/mol. The van der Waals surface area contributed by atoms with E-state index in [0.29, 0.717) is 5.56 Å². The van der Waals surface area contributed by atoms with E-state index in [1.54, 1.807) is 13.8 Å². The molecule has 21 heavy (non-hydrogen) atoms. The van der Waals surface area contributed by atoms with Gasteiger partial charge < -0.3 is 15.6 Å². The number of aliphatic hydroxyl groups excluding tert-OH is 1. The van der Waals surface area contributed by atoms with Crippen LogP contribution in [0, 0.1) is 5.92 Å². The molecule has 0 unspecified atom stereocenters. The first kappa shape index (κ1) is 19.9. The normalized spacial score (nSPS) is 14.8. The second kappa shape index (κ2) is 7.82. The van der Waals surface area contributed by atoms with Gasteiger partial charge in [-0.1, -0.05) is 26.0 Å². The molecule has 0 saturated carbocycles. The summed E-state index contributed by atoms with van der Waals surface area (Å²) in [6.07, 6.45) is -9.25. The van der Waals surface area contributed by atoms with Gasteiger partial charge in [0, 0.05) is 0 Å². The Morgan fingerprint density at radius 1 is 1.14 bits per heavy atom. The highest BCUT2D eigenvalue weighted by molar-refractivity contribution is 5.85. The summed E-state index contributed by atoms with van der Waals surface area (Å²) in [4.78, 5) is 0. The molecule has 8 heteroatoms. The average Bonchev–Trinajstić information content (AvgIpc) is 2.37. The van der Waals surface area contributed by atoms with Gasteiger partial charge in [-0.15, -0.1) is 12.4 Å². The molecule has 1 rings (SSSR count). The Labute approximate surface area is 126 Å². The van der Waals surface area contributed by atoms with E-state index in [1.165, 1.54) is 12.1 Å². The predicted octanol–water partition coefficient (Wildman–Crippen LogP) is 3.36. The van der Waals surface area contributed by atoms with Crippen molar-refractivity contribution in [1.82, 2.24) is 0 Å². The summed E-state index contributed by atoms with van der Waals surface area (Å²) in [5, 5.41) is 9.80. The van der Waals surface area contributed by atoms with Gasteiger partial charge >= 0.3 is 12.5 Å². The Hall–Kier alpha value is -1.05. The van der Waals surface area contributed by atoms with Crippen LogP contribution in [0.15, 0.2) is 24.3 Å². The van der Waals surface area contributed by atoms with Crippen LogP contribution in [0.5, 0.6) is 5.75 Å². The number of ether oxygens (including phenoxy) is 1. The molecular weight excluding hydrogens is 314 g/mol. The molecule has 0 aromatic heterocycles. The van der Waals surface area contributed by atoms with Crippen molar-refractivity contribution in [2.75, 3.05) is 0 Å². The zero-order chi connectivity index (χ0) is 15.5. The molecule has 0 radical (unpaired) electrons. The number of aliphatic hydroxyl groups is 1. The van der Waals surface area contributed by atoms with Crippen molar-refractivity contribution in [3.05, 3.63) is 29.8 Å². The van der Waals surface area contributed by atoms with Crippen molar-refractivity contribution in [3.8, 4) is 5.75 Å². The third-order valence-electron chi connectivity index (χ3n) is 2.82. The first-order valence-electron chi connectivity index (χ1n) is 6.03. The Kier molecular flexibility index (Phi) is 7.43. The molecule has 3 nitrogen and oxygen atoms in total. The van der Waals surface area contributed by atoms with E-state index in [4.69, 9.17) is 5.73 Å². The lowest BCUT2D eigenvalue weighted by Gasteiger charge is -2.23. The number of benzene rings is 1. The maximum Gasteiger partial charge on any atom is 0.461 e. The van der Waals surface area contributed by atoms with Gasteiger partial charge in [-0.3, -0.25) is 0 Å². The van der Waals surface area contributed by atoms with Crippen LogP contribution < -0.4 is 10.5 Å². The van der Waals surface area contributed by atoms with Crippen molar-refractivity contribution in [1.29, 1.82) is 0 Å². The minimum atomic E-state index is -4.54. The van der Waals surface area contributed by atoms with E-state index in [2.05, 4.69) is 4.74 Å². The summed E-state index contributed by atoms with van der Waals surface area (Å²) in [6, 6.07) is 4.23. The van der Waals surface area contributed by atoms with Gasteiger partial charge in [0.1, 0.15) is 5.75 Å². The predicted molar refractivity (Wildman–Crippen MR) is 73.0 cm³/mol. The number of hydrogen-bond acceptors (Lipinski definition) is 3. The molecule has 0 amide bonds. The number of alkyl halides is 4. The Morgan fingerprint density at radius 3 is 2.00 bits per heavy atom. The number of rotatable bonds is 6. The largest absolute Gasteiger partial charge is 0.461 e. The van der Waals surface area contributed by atoms with Gasteiger partial charge in [-0.05, 0) is 23.6 Å². The fraction of sp³-hybridized carbons (Fsp3) is 0.538. The first-order chi connectivity index (χ1) is 9.15. The van der Waals surface area contributed by atoms with Crippen molar-refractivity contribution in [2.45, 2.75) is 38.5 Å². The summed E-state index contributed by atoms with van der Waals surface area (Å²) in [7, 11) is 0. The second-order valence-electron chi connectivity index (χ2n) is 4.79. The lowest BCUT2D eigenvalue weighted by Crippen LogP contribution is -2.33. The summed E-state index contributed by atoms with van der Waals surface area (Å²) in [5.41, 5.74) is 6.31. The summed E-state index contributed by atoms with van der Waals surface area (Å²) in [6.45, 7) is 3.57. The highest BCUT2D eigenvalue weighted by atomic mass is 35.5. The van der Waals surface area contributed by atoms with Gasteiger partial charge in [0.05, 0.1) is 12.1 Å². The van der Waals surface area contributed by atoms with Crippen molar-refractivity contribution >= 4 is 12.4 Å². The molecule has 2 atom stereocenters. The van der Waals surface area contributed by atoms with Crippen LogP contribution in [0.3, 0.4) is 0 Å². The van der Waals surface area contributed by atoms with Gasteiger partial charge in [-0.2, -0.15) is 17.6 Å². The van der Waals surface area contributed by atoms with Gasteiger partial charge in [0.15, 0.2) is 0 Å². The van der Waals surface area contributed by atoms with Gasteiger partial charge in [0.2, 0.25) is 0 Å². The van der Waals surface area contributed by atoms with Crippen LogP contribution in [0.4, 0.5) is 17.6 Å². The van der Waals surface area contributed by atoms with E-state index >= 15 is 0 Å². The van der Waals surface area contributed by atoms with Crippen molar-refractivity contribution in [2.24, 2.45) is 11.7 Å². The maximum atomic E-state index is 12.7. The Morgan fingerprint density at radius 2 is 1.62 bits per heavy atom. The minimum absolute atomic E-state index is 0. The highest BCUT2D eigenvalue weighted by Gasteiger charge is 2.43.